The van der Waals surface area contributed by atoms with Gasteiger partial charge in [-0.3, -0.25) is 9.59 Å². The van der Waals surface area contributed by atoms with Crippen molar-refractivity contribution in [1.82, 2.24) is 9.80 Å². The first-order valence-electron chi connectivity index (χ1n) is 10.2. The molecule has 4 nitrogen and oxygen atoms in total. The summed E-state index contributed by atoms with van der Waals surface area (Å²) in [5, 5.41) is 0. The fraction of sp³-hybridized carbons (Fsp3) is 0.636. The predicted molar refractivity (Wildman–Crippen MR) is 102 cm³/mol. The average Bonchev–Trinajstić information content (AvgIpc) is 2.62. The quantitative estimate of drug-likeness (QED) is 0.833. The second-order valence-corrected chi connectivity index (χ2v) is 8.61. The number of carbonyl (C=O) groups is 2. The van der Waals surface area contributed by atoms with Crippen molar-refractivity contribution in [2.24, 2.45) is 11.3 Å². The van der Waals surface area contributed by atoms with Gasteiger partial charge in [0.1, 0.15) is 0 Å². The Balaban J connectivity index is 1.31. The van der Waals surface area contributed by atoms with Gasteiger partial charge in [0.05, 0.1) is 6.42 Å². The molecule has 2 saturated heterocycles. The Bertz CT molecular complexity index is 645. The fourth-order valence-corrected chi connectivity index (χ4v) is 4.78. The van der Waals surface area contributed by atoms with Crippen molar-refractivity contribution in [1.29, 1.82) is 0 Å². The summed E-state index contributed by atoms with van der Waals surface area (Å²) in [6, 6.07) is 10.0. The zero-order valence-corrected chi connectivity index (χ0v) is 15.7. The van der Waals surface area contributed by atoms with Crippen LogP contribution in [0, 0.1) is 11.3 Å². The average molecular weight is 354 g/mol. The smallest absolute Gasteiger partial charge is 0.226 e. The van der Waals surface area contributed by atoms with Crippen LogP contribution in [0.2, 0.25) is 0 Å². The molecule has 3 fully saturated rings. The Morgan fingerprint density at radius 1 is 1.08 bits per heavy atom. The molecule has 0 aromatic heterocycles. The maximum Gasteiger partial charge on any atom is 0.226 e. The largest absolute Gasteiger partial charge is 0.342 e. The highest BCUT2D eigenvalue weighted by Crippen LogP contribution is 2.41. The van der Waals surface area contributed by atoms with Crippen LogP contribution in [-0.2, 0) is 16.0 Å². The summed E-state index contributed by atoms with van der Waals surface area (Å²) in [4.78, 5) is 29.1. The van der Waals surface area contributed by atoms with Crippen LogP contribution in [-0.4, -0.2) is 47.8 Å². The lowest BCUT2D eigenvalue weighted by molar-refractivity contribution is -0.143. The first-order valence-corrected chi connectivity index (χ1v) is 10.2. The van der Waals surface area contributed by atoms with E-state index >= 15 is 0 Å². The van der Waals surface area contributed by atoms with Gasteiger partial charge < -0.3 is 9.80 Å². The van der Waals surface area contributed by atoms with Crippen LogP contribution in [0.25, 0.3) is 0 Å². The lowest BCUT2D eigenvalue weighted by Gasteiger charge is -2.48. The van der Waals surface area contributed by atoms with E-state index in [1.54, 1.807) is 0 Å². The van der Waals surface area contributed by atoms with E-state index in [-0.39, 0.29) is 11.3 Å². The van der Waals surface area contributed by atoms with Gasteiger partial charge in [-0.15, -0.1) is 0 Å². The molecule has 4 heteroatoms. The van der Waals surface area contributed by atoms with Crippen LogP contribution in [0.1, 0.15) is 50.5 Å². The molecule has 0 unspecified atom stereocenters. The lowest BCUT2D eigenvalue weighted by atomic mass is 9.71. The summed E-state index contributed by atoms with van der Waals surface area (Å²) in [6.07, 6.45) is 8.20. The first-order chi connectivity index (χ1) is 12.6. The molecule has 0 radical (unpaired) electrons. The Morgan fingerprint density at radius 2 is 1.81 bits per heavy atom. The van der Waals surface area contributed by atoms with E-state index in [0.29, 0.717) is 18.7 Å². The minimum atomic E-state index is 0.240. The van der Waals surface area contributed by atoms with Gasteiger partial charge in [-0.25, -0.2) is 0 Å². The van der Waals surface area contributed by atoms with E-state index in [1.165, 1.54) is 19.3 Å². The highest BCUT2D eigenvalue weighted by atomic mass is 16.2. The first kappa shape index (κ1) is 17.6. The van der Waals surface area contributed by atoms with Gasteiger partial charge in [0.25, 0.3) is 0 Å². The van der Waals surface area contributed by atoms with Crippen molar-refractivity contribution in [3.63, 3.8) is 0 Å². The van der Waals surface area contributed by atoms with Gasteiger partial charge in [0, 0.05) is 32.6 Å². The van der Waals surface area contributed by atoms with Crippen molar-refractivity contribution < 1.29 is 9.59 Å². The minimum absolute atomic E-state index is 0.240. The summed E-state index contributed by atoms with van der Waals surface area (Å²) >= 11 is 0. The lowest BCUT2D eigenvalue weighted by Crippen LogP contribution is -2.53. The number of nitrogens with zero attached hydrogens (tertiary/aromatic N) is 2. The maximum absolute atomic E-state index is 12.6. The third-order valence-corrected chi connectivity index (χ3v) is 6.83. The van der Waals surface area contributed by atoms with Gasteiger partial charge in [-0.1, -0.05) is 36.8 Å². The number of hydrogen-bond acceptors (Lipinski definition) is 2. The van der Waals surface area contributed by atoms with Gasteiger partial charge in [0.2, 0.25) is 11.8 Å². The molecule has 0 N–H and O–H groups in total. The van der Waals surface area contributed by atoms with E-state index in [9.17, 15) is 9.59 Å². The normalized spacial score (nSPS) is 23.2. The molecular weight excluding hydrogens is 324 g/mol. The molecular formula is C22H30N2O2. The number of rotatable bonds is 4. The van der Waals surface area contributed by atoms with Crippen molar-refractivity contribution in [2.75, 3.05) is 26.2 Å². The molecule has 1 saturated carbocycles. The third kappa shape index (κ3) is 3.79. The van der Waals surface area contributed by atoms with Crippen LogP contribution in [0.4, 0.5) is 0 Å². The number of benzene rings is 1. The van der Waals surface area contributed by atoms with E-state index in [2.05, 4.69) is 4.90 Å². The van der Waals surface area contributed by atoms with Crippen molar-refractivity contribution >= 4 is 11.8 Å². The number of hydrogen-bond donors (Lipinski definition) is 0. The van der Waals surface area contributed by atoms with E-state index < -0.39 is 0 Å². The molecule has 26 heavy (non-hydrogen) atoms. The van der Waals surface area contributed by atoms with Crippen molar-refractivity contribution in [2.45, 2.75) is 51.4 Å². The van der Waals surface area contributed by atoms with E-state index in [4.69, 9.17) is 0 Å². The van der Waals surface area contributed by atoms with Crippen LogP contribution < -0.4 is 0 Å². The molecule has 0 bridgehead atoms. The van der Waals surface area contributed by atoms with Crippen LogP contribution in [0.15, 0.2) is 30.3 Å². The molecule has 3 aliphatic rings. The molecule has 1 aromatic carbocycles. The molecule has 4 rings (SSSR count). The number of carbonyl (C=O) groups excluding carboxylic acids is 2. The second-order valence-electron chi connectivity index (χ2n) is 8.61. The summed E-state index contributed by atoms with van der Waals surface area (Å²) < 4.78 is 0. The molecule has 1 aromatic rings. The van der Waals surface area contributed by atoms with Crippen molar-refractivity contribution in [3.8, 4) is 0 Å². The Morgan fingerprint density at radius 3 is 2.46 bits per heavy atom. The number of piperidine rings is 2. The summed E-state index contributed by atoms with van der Waals surface area (Å²) in [7, 11) is 0. The predicted octanol–water partition coefficient (Wildman–Crippen LogP) is 3.26. The van der Waals surface area contributed by atoms with Gasteiger partial charge in [-0.05, 0) is 49.0 Å². The van der Waals surface area contributed by atoms with Crippen LogP contribution >= 0.6 is 0 Å². The van der Waals surface area contributed by atoms with Gasteiger partial charge in [-0.2, -0.15) is 0 Å². The number of amides is 2. The topological polar surface area (TPSA) is 40.6 Å². The molecule has 2 heterocycles. The van der Waals surface area contributed by atoms with E-state index in [1.807, 2.05) is 35.2 Å². The zero-order valence-electron chi connectivity index (χ0n) is 15.7. The fourth-order valence-electron chi connectivity index (χ4n) is 4.78. The Labute approximate surface area is 156 Å². The third-order valence-electron chi connectivity index (χ3n) is 6.83. The minimum Gasteiger partial charge on any atom is -0.342 e. The Hall–Kier alpha value is -1.84. The van der Waals surface area contributed by atoms with Crippen LogP contribution in [0.3, 0.4) is 0 Å². The van der Waals surface area contributed by atoms with Crippen LogP contribution in [0.5, 0.6) is 0 Å². The van der Waals surface area contributed by atoms with E-state index in [0.717, 1.165) is 56.9 Å². The maximum atomic E-state index is 12.6. The molecule has 1 aliphatic carbocycles. The molecule has 140 valence electrons. The summed E-state index contributed by atoms with van der Waals surface area (Å²) in [5.74, 6) is 1.33. The Kier molecular flexibility index (Phi) is 5.01. The van der Waals surface area contributed by atoms with Gasteiger partial charge >= 0.3 is 0 Å². The number of likely N-dealkylation sites (tertiary alicyclic amines) is 2. The standard InChI is InChI=1S/C22H30N2O2/c25-20-9-10-22(17-24(20)16-19-7-4-8-19)11-13-23(14-12-22)21(26)15-18-5-2-1-3-6-18/h1-3,5-6,19H,4,7-17H2. The summed E-state index contributed by atoms with van der Waals surface area (Å²) in [5.41, 5.74) is 1.34. The SMILES string of the molecule is O=C(Cc1ccccc1)N1CCC2(CCC(=O)N(CC3CCC3)C2)CC1. The van der Waals surface area contributed by atoms with Crippen molar-refractivity contribution in [3.05, 3.63) is 35.9 Å². The highest BCUT2D eigenvalue weighted by molar-refractivity contribution is 5.79. The summed E-state index contributed by atoms with van der Waals surface area (Å²) in [6.45, 7) is 3.58. The highest BCUT2D eigenvalue weighted by Gasteiger charge is 2.42. The molecule has 0 atom stereocenters. The molecule has 2 aliphatic heterocycles. The molecule has 2 amide bonds. The monoisotopic (exact) mass is 354 g/mol. The molecule has 1 spiro atoms. The second kappa shape index (κ2) is 7.42. The zero-order chi connectivity index (χ0) is 18.0. The van der Waals surface area contributed by atoms with Gasteiger partial charge in [0.15, 0.2) is 0 Å².